The van der Waals surface area contributed by atoms with E-state index in [0.29, 0.717) is 37.4 Å². The summed E-state index contributed by atoms with van der Waals surface area (Å²) in [5.74, 6) is -1.12. The van der Waals surface area contributed by atoms with Crippen molar-refractivity contribution in [1.29, 1.82) is 0 Å². The van der Waals surface area contributed by atoms with Crippen molar-refractivity contribution in [3.63, 3.8) is 0 Å². The number of halogens is 2. The number of nitrogens with one attached hydrogen (secondary N) is 2. The summed E-state index contributed by atoms with van der Waals surface area (Å²) in [6.45, 7) is 4.73. The predicted molar refractivity (Wildman–Crippen MR) is 115 cm³/mol. The summed E-state index contributed by atoms with van der Waals surface area (Å²) in [4.78, 5) is 24.1. The summed E-state index contributed by atoms with van der Waals surface area (Å²) in [5, 5.41) is 5.44. The van der Waals surface area contributed by atoms with E-state index >= 15 is 0 Å². The molecular formula is C22H26BrFN2O4. The Balaban J connectivity index is 1.70. The van der Waals surface area contributed by atoms with Gasteiger partial charge in [0.25, 0.3) is 5.91 Å². The van der Waals surface area contributed by atoms with Crippen molar-refractivity contribution in [2.45, 2.75) is 26.5 Å². The zero-order valence-electron chi connectivity index (χ0n) is 16.9. The normalized spacial score (nSPS) is 10.6. The van der Waals surface area contributed by atoms with Crippen LogP contribution in [0.4, 0.5) is 4.39 Å². The second-order valence-corrected chi connectivity index (χ2v) is 7.33. The van der Waals surface area contributed by atoms with Crippen molar-refractivity contribution >= 4 is 27.7 Å². The van der Waals surface area contributed by atoms with Gasteiger partial charge in [0, 0.05) is 30.6 Å². The predicted octanol–water partition coefficient (Wildman–Crippen LogP) is 3.58. The Morgan fingerprint density at radius 2 is 1.80 bits per heavy atom. The Hall–Kier alpha value is -2.29. The van der Waals surface area contributed by atoms with Gasteiger partial charge in [-0.2, -0.15) is 0 Å². The minimum Gasteiger partial charge on any atom is -0.379 e. The number of ether oxygens (including phenoxy) is 2. The summed E-state index contributed by atoms with van der Waals surface area (Å²) >= 11 is 3.21. The highest BCUT2D eigenvalue weighted by Crippen LogP contribution is 2.17. The van der Waals surface area contributed by atoms with E-state index in [-0.39, 0.29) is 24.4 Å². The van der Waals surface area contributed by atoms with Gasteiger partial charge in [0.2, 0.25) is 5.91 Å². The van der Waals surface area contributed by atoms with Gasteiger partial charge in [-0.15, -0.1) is 0 Å². The van der Waals surface area contributed by atoms with E-state index in [4.69, 9.17) is 9.47 Å². The number of hydrogen-bond acceptors (Lipinski definition) is 4. The lowest BCUT2D eigenvalue weighted by Crippen LogP contribution is -2.30. The van der Waals surface area contributed by atoms with Crippen LogP contribution in [-0.2, 0) is 27.4 Å². The Labute approximate surface area is 184 Å². The third-order valence-corrected chi connectivity index (χ3v) is 4.83. The molecule has 8 heteroatoms. The molecule has 0 unspecified atom stereocenters. The maximum atomic E-state index is 13.3. The quantitative estimate of drug-likeness (QED) is 0.455. The van der Waals surface area contributed by atoms with E-state index < -0.39 is 11.7 Å². The topological polar surface area (TPSA) is 76.7 Å². The van der Waals surface area contributed by atoms with E-state index in [9.17, 15) is 14.0 Å². The van der Waals surface area contributed by atoms with Gasteiger partial charge in [-0.25, -0.2) is 4.39 Å². The summed E-state index contributed by atoms with van der Waals surface area (Å²) in [6.07, 6.45) is 0.124. The summed E-state index contributed by atoms with van der Waals surface area (Å²) in [7, 11) is 0. The molecule has 0 saturated heterocycles. The molecule has 2 N–H and O–H groups in total. The zero-order chi connectivity index (χ0) is 21.8. The van der Waals surface area contributed by atoms with Gasteiger partial charge in [-0.3, -0.25) is 9.59 Å². The third-order valence-electron chi connectivity index (χ3n) is 4.14. The van der Waals surface area contributed by atoms with Crippen LogP contribution in [0.15, 0.2) is 46.9 Å². The van der Waals surface area contributed by atoms with Gasteiger partial charge in [-0.05, 0) is 52.2 Å². The molecule has 0 saturated carbocycles. The van der Waals surface area contributed by atoms with E-state index in [0.717, 1.165) is 17.2 Å². The van der Waals surface area contributed by atoms with Crippen LogP contribution < -0.4 is 10.6 Å². The maximum absolute atomic E-state index is 13.3. The molecule has 2 aromatic rings. The van der Waals surface area contributed by atoms with Crippen LogP contribution in [0.2, 0.25) is 0 Å². The molecule has 0 aliphatic heterocycles. The largest absolute Gasteiger partial charge is 0.379 e. The number of carbonyl (C=O) groups is 2. The molecule has 2 aromatic carbocycles. The first-order valence-electron chi connectivity index (χ1n) is 9.73. The molecule has 162 valence electrons. The first-order valence-corrected chi connectivity index (χ1v) is 10.5. The molecule has 0 heterocycles. The molecule has 0 atom stereocenters. The maximum Gasteiger partial charge on any atom is 0.252 e. The Kier molecular flexibility index (Phi) is 10.5. The van der Waals surface area contributed by atoms with Gasteiger partial charge in [-0.1, -0.05) is 24.3 Å². The average Bonchev–Trinajstić information content (AvgIpc) is 2.74. The smallest absolute Gasteiger partial charge is 0.252 e. The van der Waals surface area contributed by atoms with E-state index in [1.807, 2.05) is 31.2 Å². The van der Waals surface area contributed by atoms with Crippen molar-refractivity contribution in [2.75, 3.05) is 26.4 Å². The van der Waals surface area contributed by atoms with E-state index in [2.05, 4.69) is 26.6 Å². The second-order valence-electron chi connectivity index (χ2n) is 6.48. The van der Waals surface area contributed by atoms with Crippen LogP contribution in [0.25, 0.3) is 0 Å². The van der Waals surface area contributed by atoms with Gasteiger partial charge in [0.1, 0.15) is 5.82 Å². The zero-order valence-corrected chi connectivity index (χ0v) is 18.5. The lowest BCUT2D eigenvalue weighted by molar-refractivity contribution is -0.121. The molecule has 0 aliphatic rings. The lowest BCUT2D eigenvalue weighted by atomic mass is 10.1. The minimum atomic E-state index is -0.497. The van der Waals surface area contributed by atoms with Gasteiger partial charge < -0.3 is 20.1 Å². The summed E-state index contributed by atoms with van der Waals surface area (Å²) in [6, 6.07) is 11.7. The monoisotopic (exact) mass is 480 g/mol. The van der Waals surface area contributed by atoms with Crippen LogP contribution in [0, 0.1) is 5.82 Å². The Bertz CT molecular complexity index is 848. The molecule has 0 aliphatic carbocycles. The van der Waals surface area contributed by atoms with Crippen molar-refractivity contribution < 1.29 is 23.5 Å². The molecule has 0 radical (unpaired) electrons. The fourth-order valence-corrected chi connectivity index (χ4v) is 3.05. The summed E-state index contributed by atoms with van der Waals surface area (Å²) < 4.78 is 24.6. The minimum absolute atomic E-state index is 0.124. The molecule has 2 amide bonds. The molecular weight excluding hydrogens is 455 g/mol. The van der Waals surface area contributed by atoms with E-state index in [1.165, 1.54) is 12.1 Å². The SMILES string of the molecule is CCOCCOCc1cccc(CNC(=O)CCNC(=O)c2cc(F)ccc2Br)c1. The number of carbonyl (C=O) groups excluding carboxylic acids is 2. The van der Waals surface area contributed by atoms with Crippen LogP contribution in [0.1, 0.15) is 34.8 Å². The standard InChI is InChI=1S/C22H26BrFN2O4/c1-2-29-10-11-30-15-17-5-3-4-16(12-17)14-26-21(27)8-9-25-22(28)19-13-18(24)6-7-20(19)23/h3-7,12-13H,2,8-11,14-15H2,1H3,(H,25,28)(H,26,27). The van der Waals surface area contributed by atoms with E-state index in [1.54, 1.807) is 0 Å². The Morgan fingerprint density at radius 3 is 2.60 bits per heavy atom. The highest BCUT2D eigenvalue weighted by atomic mass is 79.9. The first kappa shape index (κ1) is 24.0. The van der Waals surface area contributed by atoms with Crippen LogP contribution in [-0.4, -0.2) is 38.2 Å². The first-order chi connectivity index (χ1) is 14.5. The van der Waals surface area contributed by atoms with Crippen molar-refractivity contribution in [3.05, 3.63) is 69.4 Å². The van der Waals surface area contributed by atoms with Crippen LogP contribution >= 0.6 is 15.9 Å². The number of rotatable bonds is 12. The molecule has 0 aromatic heterocycles. The third kappa shape index (κ3) is 8.61. The number of amides is 2. The highest BCUT2D eigenvalue weighted by Gasteiger charge is 2.11. The Morgan fingerprint density at radius 1 is 1.03 bits per heavy atom. The molecule has 30 heavy (non-hydrogen) atoms. The molecule has 0 fully saturated rings. The molecule has 6 nitrogen and oxygen atoms in total. The van der Waals surface area contributed by atoms with Gasteiger partial charge in [0.15, 0.2) is 0 Å². The number of benzene rings is 2. The molecule has 0 spiro atoms. The fourth-order valence-electron chi connectivity index (χ4n) is 2.63. The van der Waals surface area contributed by atoms with Crippen molar-refractivity contribution in [1.82, 2.24) is 10.6 Å². The molecule has 2 rings (SSSR count). The van der Waals surface area contributed by atoms with Crippen LogP contribution in [0.3, 0.4) is 0 Å². The van der Waals surface area contributed by atoms with Crippen molar-refractivity contribution in [3.8, 4) is 0 Å². The van der Waals surface area contributed by atoms with Gasteiger partial charge in [0.05, 0.1) is 25.4 Å². The lowest BCUT2D eigenvalue weighted by Gasteiger charge is -2.09. The average molecular weight is 481 g/mol. The van der Waals surface area contributed by atoms with Crippen LogP contribution in [0.5, 0.6) is 0 Å². The second kappa shape index (κ2) is 13.1. The summed E-state index contributed by atoms with van der Waals surface area (Å²) in [5.41, 5.74) is 2.17. The number of hydrogen-bond donors (Lipinski definition) is 2. The van der Waals surface area contributed by atoms with Crippen molar-refractivity contribution in [2.24, 2.45) is 0 Å². The fraction of sp³-hybridized carbons (Fsp3) is 0.364. The molecule has 0 bridgehead atoms. The highest BCUT2D eigenvalue weighted by molar-refractivity contribution is 9.10. The van der Waals surface area contributed by atoms with Gasteiger partial charge >= 0.3 is 0 Å².